The maximum atomic E-state index is 13.2. The summed E-state index contributed by atoms with van der Waals surface area (Å²) in [5.74, 6) is -0.169. The molecule has 0 aliphatic carbocycles. The zero-order chi connectivity index (χ0) is 26.0. The number of allylic oxidation sites excluding steroid dienone is 4. The van der Waals surface area contributed by atoms with Crippen molar-refractivity contribution in [3.63, 3.8) is 0 Å². The standard InChI is InChI=1S/C28H37N3O3S/c1-19(2)15-22(13-14-29-7)25-20(3)16-24(35-25)26(32)31-23(17-21-11-9-8-10-12-21)18-30-27(33)34-28(4,5)6/h8-16,23H,17-18H2,1-7H3,(H,30,33)(H,31,32)/b22-13+,29-14?. The monoisotopic (exact) mass is 495 g/mol. The number of nitrogens with one attached hydrogen (secondary N) is 2. The number of aliphatic imine (C=N–C) groups is 1. The molecule has 0 radical (unpaired) electrons. The van der Waals surface area contributed by atoms with Crippen molar-refractivity contribution in [2.75, 3.05) is 13.6 Å². The number of hydrogen-bond donors (Lipinski definition) is 2. The summed E-state index contributed by atoms with van der Waals surface area (Å²) in [5, 5.41) is 5.90. The van der Waals surface area contributed by atoms with E-state index in [1.165, 1.54) is 11.3 Å². The first-order chi connectivity index (χ1) is 16.5. The predicted octanol–water partition coefficient (Wildman–Crippen LogP) is 5.97. The molecular weight excluding hydrogens is 458 g/mol. The molecule has 0 bridgehead atoms. The molecule has 1 heterocycles. The summed E-state index contributed by atoms with van der Waals surface area (Å²) in [4.78, 5) is 31.2. The van der Waals surface area contributed by atoms with Gasteiger partial charge in [-0.1, -0.05) is 42.0 Å². The van der Waals surface area contributed by atoms with E-state index in [9.17, 15) is 9.59 Å². The fourth-order valence-electron chi connectivity index (χ4n) is 3.39. The van der Waals surface area contributed by atoms with Gasteiger partial charge in [-0.15, -0.1) is 11.3 Å². The van der Waals surface area contributed by atoms with E-state index in [-0.39, 0.29) is 18.5 Å². The van der Waals surface area contributed by atoms with Gasteiger partial charge in [0.25, 0.3) is 5.91 Å². The third-order valence-corrected chi connectivity index (χ3v) is 6.09. The Kier molecular flexibility index (Phi) is 10.5. The minimum absolute atomic E-state index is 0.169. The van der Waals surface area contributed by atoms with Crippen LogP contribution in [0.1, 0.15) is 60.3 Å². The van der Waals surface area contributed by atoms with Crippen LogP contribution in [0.5, 0.6) is 0 Å². The predicted molar refractivity (Wildman–Crippen MR) is 147 cm³/mol. The summed E-state index contributed by atoms with van der Waals surface area (Å²) < 4.78 is 5.35. The number of benzene rings is 1. The van der Waals surface area contributed by atoms with E-state index in [0.717, 1.165) is 27.2 Å². The average Bonchev–Trinajstić information content (AvgIpc) is 3.16. The van der Waals surface area contributed by atoms with Gasteiger partial charge in [-0.3, -0.25) is 9.79 Å². The number of ether oxygens (including phenoxy) is 1. The smallest absolute Gasteiger partial charge is 0.407 e. The molecule has 0 aliphatic rings. The van der Waals surface area contributed by atoms with Crippen LogP contribution in [0, 0.1) is 6.92 Å². The van der Waals surface area contributed by atoms with Crippen LogP contribution in [0.4, 0.5) is 4.79 Å². The van der Waals surface area contributed by atoms with Gasteiger partial charge in [-0.25, -0.2) is 4.79 Å². The van der Waals surface area contributed by atoms with Crippen LogP contribution >= 0.6 is 11.3 Å². The average molecular weight is 496 g/mol. The quantitative estimate of drug-likeness (QED) is 0.332. The van der Waals surface area contributed by atoms with Gasteiger partial charge in [0.15, 0.2) is 0 Å². The third kappa shape index (κ3) is 9.91. The Bertz CT molecular complexity index is 1090. The molecule has 0 saturated carbocycles. The number of amides is 2. The van der Waals surface area contributed by atoms with Gasteiger partial charge in [-0.2, -0.15) is 0 Å². The highest BCUT2D eigenvalue weighted by molar-refractivity contribution is 7.15. The molecule has 0 fully saturated rings. The molecule has 2 amide bonds. The van der Waals surface area contributed by atoms with Crippen LogP contribution in [0.25, 0.3) is 5.57 Å². The van der Waals surface area contributed by atoms with Crippen molar-refractivity contribution in [2.45, 2.75) is 59.6 Å². The summed E-state index contributed by atoms with van der Waals surface area (Å²) in [6.07, 6.45) is 5.87. The van der Waals surface area contributed by atoms with E-state index in [1.54, 1.807) is 13.3 Å². The lowest BCUT2D eigenvalue weighted by atomic mass is 10.1. The minimum Gasteiger partial charge on any atom is -0.444 e. The fraction of sp³-hybridized carbons (Fsp3) is 0.393. The van der Waals surface area contributed by atoms with Gasteiger partial charge in [0, 0.05) is 24.7 Å². The summed E-state index contributed by atoms with van der Waals surface area (Å²) in [6, 6.07) is 11.5. The van der Waals surface area contributed by atoms with Crippen LogP contribution < -0.4 is 10.6 Å². The summed E-state index contributed by atoms with van der Waals surface area (Å²) in [7, 11) is 1.73. The van der Waals surface area contributed by atoms with E-state index in [2.05, 4.69) is 21.7 Å². The number of thiophene rings is 1. The van der Waals surface area contributed by atoms with Gasteiger partial charge in [0.05, 0.1) is 10.9 Å². The number of alkyl carbamates (subject to hydrolysis) is 1. The van der Waals surface area contributed by atoms with Gasteiger partial charge in [0.1, 0.15) is 5.60 Å². The summed E-state index contributed by atoms with van der Waals surface area (Å²) >= 11 is 1.45. The van der Waals surface area contributed by atoms with Crippen LogP contribution in [0.2, 0.25) is 0 Å². The highest BCUT2D eigenvalue weighted by atomic mass is 32.1. The van der Waals surface area contributed by atoms with Gasteiger partial charge >= 0.3 is 6.09 Å². The Hall–Kier alpha value is -3.19. The van der Waals surface area contributed by atoms with E-state index >= 15 is 0 Å². The Morgan fingerprint density at radius 2 is 1.86 bits per heavy atom. The lowest BCUT2D eigenvalue weighted by Gasteiger charge is -2.22. The highest BCUT2D eigenvalue weighted by Gasteiger charge is 2.21. The normalized spacial score (nSPS) is 12.8. The SMILES string of the molecule is CN=C/C=C(\C=C(C)C)c1sc(C(=O)NC(CNC(=O)OC(C)(C)C)Cc2ccccc2)cc1C. The van der Waals surface area contributed by atoms with E-state index in [4.69, 9.17) is 4.74 Å². The van der Waals surface area contributed by atoms with Crippen LogP contribution in [-0.4, -0.2) is 43.5 Å². The molecule has 1 aromatic carbocycles. The maximum Gasteiger partial charge on any atom is 0.407 e. The van der Waals surface area contributed by atoms with Crippen molar-refractivity contribution in [3.8, 4) is 0 Å². The topological polar surface area (TPSA) is 79.8 Å². The largest absolute Gasteiger partial charge is 0.444 e. The highest BCUT2D eigenvalue weighted by Crippen LogP contribution is 2.30. The number of carbonyl (C=O) groups is 2. The van der Waals surface area contributed by atoms with Crippen molar-refractivity contribution >= 4 is 35.1 Å². The number of hydrogen-bond acceptors (Lipinski definition) is 5. The Morgan fingerprint density at radius 1 is 1.17 bits per heavy atom. The van der Waals surface area contributed by atoms with E-state index in [1.807, 2.05) is 84.0 Å². The Labute approximate surface area is 213 Å². The molecule has 0 saturated heterocycles. The lowest BCUT2D eigenvalue weighted by molar-refractivity contribution is 0.0520. The Balaban J connectivity index is 2.22. The first kappa shape index (κ1) is 28.1. The second-order valence-corrected chi connectivity index (χ2v) is 10.7. The van der Waals surface area contributed by atoms with Crippen LogP contribution in [-0.2, 0) is 11.2 Å². The molecule has 188 valence electrons. The Morgan fingerprint density at radius 3 is 2.46 bits per heavy atom. The number of rotatable bonds is 9. The van der Waals surface area contributed by atoms with E-state index < -0.39 is 11.7 Å². The van der Waals surface area contributed by atoms with E-state index in [0.29, 0.717) is 11.3 Å². The van der Waals surface area contributed by atoms with Crippen molar-refractivity contribution in [3.05, 3.63) is 75.0 Å². The third-order valence-electron chi connectivity index (χ3n) is 4.80. The molecule has 0 spiro atoms. The molecule has 2 rings (SSSR count). The molecule has 2 aromatic rings. The van der Waals surface area contributed by atoms with Gasteiger partial charge < -0.3 is 15.4 Å². The van der Waals surface area contributed by atoms with Crippen molar-refractivity contribution in [1.29, 1.82) is 0 Å². The molecule has 1 unspecified atom stereocenters. The molecule has 2 N–H and O–H groups in total. The molecule has 7 heteroatoms. The number of nitrogens with zero attached hydrogens (tertiary/aromatic N) is 1. The number of carbonyl (C=O) groups excluding carboxylic acids is 2. The molecular formula is C28H37N3O3S. The van der Waals surface area contributed by atoms with Crippen LogP contribution in [0.15, 0.2) is 59.1 Å². The first-order valence-electron chi connectivity index (χ1n) is 11.7. The molecule has 1 atom stereocenters. The zero-order valence-corrected chi connectivity index (χ0v) is 22.6. The van der Waals surface area contributed by atoms with Gasteiger partial charge in [-0.05, 0) is 76.8 Å². The molecule has 35 heavy (non-hydrogen) atoms. The minimum atomic E-state index is -0.591. The van der Waals surface area contributed by atoms with Crippen molar-refractivity contribution in [2.24, 2.45) is 4.99 Å². The van der Waals surface area contributed by atoms with Crippen molar-refractivity contribution < 1.29 is 14.3 Å². The second kappa shape index (κ2) is 13.0. The molecule has 1 aromatic heterocycles. The zero-order valence-electron chi connectivity index (χ0n) is 21.8. The first-order valence-corrected chi connectivity index (χ1v) is 12.5. The van der Waals surface area contributed by atoms with Crippen molar-refractivity contribution in [1.82, 2.24) is 10.6 Å². The molecule has 6 nitrogen and oxygen atoms in total. The summed E-state index contributed by atoms with van der Waals surface area (Å²) in [6.45, 7) is 11.8. The number of aryl methyl sites for hydroxylation is 1. The van der Waals surface area contributed by atoms with Gasteiger partial charge in [0.2, 0.25) is 0 Å². The maximum absolute atomic E-state index is 13.2. The second-order valence-electron chi connectivity index (χ2n) is 9.62. The van der Waals surface area contributed by atoms with Crippen LogP contribution in [0.3, 0.4) is 0 Å². The lowest BCUT2D eigenvalue weighted by Crippen LogP contribution is -2.45. The fourth-order valence-corrected chi connectivity index (χ4v) is 4.46. The molecule has 0 aliphatic heterocycles. The summed E-state index contributed by atoms with van der Waals surface area (Å²) in [5.41, 5.74) is 3.69.